The van der Waals surface area contributed by atoms with Crippen molar-refractivity contribution in [3.05, 3.63) is 72.2 Å². The number of hydrogen-bond donors (Lipinski definition) is 1. The van der Waals surface area contributed by atoms with Gasteiger partial charge in [-0.25, -0.2) is 0 Å². The van der Waals surface area contributed by atoms with Gasteiger partial charge in [-0.15, -0.1) is 10.2 Å². The Bertz CT molecular complexity index is 1090. The second-order valence-electron chi connectivity index (χ2n) is 6.13. The zero-order valence-corrected chi connectivity index (χ0v) is 14.6. The Morgan fingerprint density at radius 1 is 0.964 bits per heavy atom. The number of nitrogens with zero attached hydrogens (tertiary/aromatic N) is 3. The van der Waals surface area contributed by atoms with E-state index in [2.05, 4.69) is 20.5 Å². The molecule has 2 aromatic heterocycles. The molecule has 0 saturated heterocycles. The van der Waals surface area contributed by atoms with Crippen molar-refractivity contribution in [3.63, 3.8) is 0 Å². The van der Waals surface area contributed by atoms with E-state index in [-0.39, 0.29) is 5.52 Å². The molecule has 0 bridgehead atoms. The molecule has 0 aliphatic rings. The van der Waals surface area contributed by atoms with Gasteiger partial charge in [0.15, 0.2) is 0 Å². The molecule has 2 heterocycles. The lowest BCUT2D eigenvalue weighted by molar-refractivity contribution is -0.137. The molecule has 0 saturated carbocycles. The van der Waals surface area contributed by atoms with Crippen LogP contribution >= 0.6 is 0 Å². The number of hydrogen-bond acceptors (Lipinski definition) is 5. The lowest BCUT2D eigenvalue weighted by atomic mass is 10.1. The quantitative estimate of drug-likeness (QED) is 0.527. The summed E-state index contributed by atoms with van der Waals surface area (Å²) in [7, 11) is 0. The molecule has 4 rings (SSSR count). The van der Waals surface area contributed by atoms with Gasteiger partial charge in [0.1, 0.15) is 0 Å². The number of pyridine rings is 1. The minimum absolute atomic E-state index is 0.281. The molecule has 8 heteroatoms. The van der Waals surface area contributed by atoms with Crippen LogP contribution in [0.3, 0.4) is 0 Å². The molecule has 2 aromatic carbocycles. The lowest BCUT2D eigenvalue weighted by Gasteiger charge is -2.11. The highest BCUT2D eigenvalue weighted by Gasteiger charge is 2.30. The van der Waals surface area contributed by atoms with Crippen LogP contribution in [0, 0.1) is 0 Å². The van der Waals surface area contributed by atoms with Crippen molar-refractivity contribution in [2.24, 2.45) is 0 Å². The topological polar surface area (TPSA) is 63.8 Å². The monoisotopic (exact) mass is 384 g/mol. The van der Waals surface area contributed by atoms with E-state index in [0.717, 1.165) is 17.7 Å². The number of alkyl halides is 3. The summed E-state index contributed by atoms with van der Waals surface area (Å²) in [4.78, 5) is 4.04. The second kappa shape index (κ2) is 7.30. The van der Waals surface area contributed by atoms with Gasteiger partial charge in [0, 0.05) is 35.8 Å². The van der Waals surface area contributed by atoms with E-state index in [0.29, 0.717) is 35.8 Å². The van der Waals surface area contributed by atoms with E-state index >= 15 is 0 Å². The molecule has 0 fully saturated rings. The molecule has 0 atom stereocenters. The average Bonchev–Trinajstić information content (AvgIpc) is 3.17. The van der Waals surface area contributed by atoms with Crippen LogP contribution in [0.2, 0.25) is 0 Å². The van der Waals surface area contributed by atoms with Gasteiger partial charge in [-0.3, -0.25) is 4.98 Å². The van der Waals surface area contributed by atoms with Crippen molar-refractivity contribution >= 4 is 16.6 Å². The van der Waals surface area contributed by atoms with E-state index in [1.54, 1.807) is 6.07 Å². The SMILES string of the molecule is FC(F)(F)c1ccc2c(NCCc3nnc(-c4ccccc4)o3)ccnc2c1. The Kier molecular flexibility index (Phi) is 4.68. The first-order chi connectivity index (χ1) is 13.5. The molecule has 0 radical (unpaired) electrons. The summed E-state index contributed by atoms with van der Waals surface area (Å²) >= 11 is 0. The van der Waals surface area contributed by atoms with Crippen LogP contribution < -0.4 is 5.32 Å². The molecule has 0 amide bonds. The van der Waals surface area contributed by atoms with Crippen molar-refractivity contribution < 1.29 is 17.6 Å². The van der Waals surface area contributed by atoms with Gasteiger partial charge >= 0.3 is 6.18 Å². The van der Waals surface area contributed by atoms with Crippen LogP contribution in [0.4, 0.5) is 18.9 Å². The number of fused-ring (bicyclic) bond motifs is 1. The minimum Gasteiger partial charge on any atom is -0.421 e. The van der Waals surface area contributed by atoms with Crippen LogP contribution in [-0.2, 0) is 12.6 Å². The van der Waals surface area contributed by atoms with Gasteiger partial charge in [0.25, 0.3) is 0 Å². The number of nitrogens with one attached hydrogen (secondary N) is 1. The van der Waals surface area contributed by atoms with Gasteiger partial charge in [-0.1, -0.05) is 24.3 Å². The van der Waals surface area contributed by atoms with Crippen LogP contribution in [0.25, 0.3) is 22.4 Å². The van der Waals surface area contributed by atoms with E-state index in [1.165, 1.54) is 12.3 Å². The van der Waals surface area contributed by atoms with Crippen LogP contribution in [0.1, 0.15) is 11.5 Å². The maximum Gasteiger partial charge on any atom is 0.416 e. The Morgan fingerprint density at radius 2 is 1.79 bits per heavy atom. The third kappa shape index (κ3) is 3.80. The first kappa shape index (κ1) is 18.0. The lowest BCUT2D eigenvalue weighted by Crippen LogP contribution is -2.07. The highest BCUT2D eigenvalue weighted by atomic mass is 19.4. The molecule has 1 N–H and O–H groups in total. The fourth-order valence-corrected chi connectivity index (χ4v) is 2.83. The molecule has 0 unspecified atom stereocenters. The van der Waals surface area contributed by atoms with Crippen LogP contribution in [0.15, 0.2) is 65.2 Å². The normalized spacial score (nSPS) is 11.7. The summed E-state index contributed by atoms with van der Waals surface area (Å²) in [5, 5.41) is 11.9. The Balaban J connectivity index is 1.45. The maximum absolute atomic E-state index is 12.9. The predicted octanol–water partition coefficient (Wildman–Crippen LogP) is 4.96. The third-order valence-electron chi connectivity index (χ3n) is 4.21. The van der Waals surface area contributed by atoms with E-state index in [9.17, 15) is 13.2 Å². The maximum atomic E-state index is 12.9. The average molecular weight is 384 g/mol. The summed E-state index contributed by atoms with van der Waals surface area (Å²) in [6.07, 6.45) is -2.44. The predicted molar refractivity (Wildman–Crippen MR) is 98.7 cm³/mol. The number of rotatable bonds is 5. The Morgan fingerprint density at radius 3 is 2.57 bits per heavy atom. The van der Waals surface area contributed by atoms with E-state index < -0.39 is 11.7 Å². The largest absolute Gasteiger partial charge is 0.421 e. The van der Waals surface area contributed by atoms with Gasteiger partial charge < -0.3 is 9.73 Å². The molecule has 28 heavy (non-hydrogen) atoms. The smallest absolute Gasteiger partial charge is 0.416 e. The Hall–Kier alpha value is -3.42. The van der Waals surface area contributed by atoms with Gasteiger partial charge in [0.05, 0.1) is 11.1 Å². The standard InChI is InChI=1S/C20H15F3N4O/c21-20(22,23)14-6-7-15-16(8-10-25-17(15)12-14)24-11-9-18-26-27-19(28-18)13-4-2-1-3-5-13/h1-8,10,12H,9,11H2,(H,24,25). The summed E-state index contributed by atoms with van der Waals surface area (Å²) in [6.45, 7) is 0.483. The minimum atomic E-state index is -4.40. The first-order valence-corrected chi connectivity index (χ1v) is 8.58. The molecule has 5 nitrogen and oxygen atoms in total. The van der Waals surface area contributed by atoms with Crippen molar-refractivity contribution in [1.29, 1.82) is 0 Å². The Labute approximate surface area is 158 Å². The molecular formula is C20H15F3N4O. The van der Waals surface area contributed by atoms with Crippen molar-refractivity contribution in [3.8, 4) is 11.5 Å². The van der Waals surface area contributed by atoms with Crippen molar-refractivity contribution in [1.82, 2.24) is 15.2 Å². The molecular weight excluding hydrogens is 369 g/mol. The number of aromatic nitrogens is 3. The zero-order valence-electron chi connectivity index (χ0n) is 14.6. The van der Waals surface area contributed by atoms with Crippen molar-refractivity contribution in [2.75, 3.05) is 11.9 Å². The molecule has 4 aromatic rings. The van der Waals surface area contributed by atoms with Gasteiger partial charge in [0.2, 0.25) is 11.8 Å². The zero-order chi connectivity index (χ0) is 19.6. The van der Waals surface area contributed by atoms with Gasteiger partial charge in [-0.05, 0) is 30.3 Å². The highest BCUT2D eigenvalue weighted by Crippen LogP contribution is 2.32. The summed E-state index contributed by atoms with van der Waals surface area (Å²) in [6, 6.07) is 14.7. The molecule has 0 spiro atoms. The second-order valence-corrected chi connectivity index (χ2v) is 6.13. The molecule has 142 valence electrons. The summed E-state index contributed by atoms with van der Waals surface area (Å²) < 4.78 is 44.2. The fourth-order valence-electron chi connectivity index (χ4n) is 2.83. The first-order valence-electron chi connectivity index (χ1n) is 8.58. The van der Waals surface area contributed by atoms with Crippen LogP contribution in [-0.4, -0.2) is 21.7 Å². The van der Waals surface area contributed by atoms with Crippen molar-refractivity contribution in [2.45, 2.75) is 12.6 Å². The molecule has 0 aliphatic carbocycles. The third-order valence-corrected chi connectivity index (χ3v) is 4.21. The fraction of sp³-hybridized carbons (Fsp3) is 0.150. The number of halogens is 3. The van der Waals surface area contributed by atoms with E-state index in [1.807, 2.05) is 30.3 Å². The summed E-state index contributed by atoms with van der Waals surface area (Å²) in [5.74, 6) is 0.925. The number of benzene rings is 2. The van der Waals surface area contributed by atoms with Crippen LogP contribution in [0.5, 0.6) is 0 Å². The van der Waals surface area contributed by atoms with E-state index in [4.69, 9.17) is 4.42 Å². The summed E-state index contributed by atoms with van der Waals surface area (Å²) in [5.41, 5.74) is 1.10. The van der Waals surface area contributed by atoms with Gasteiger partial charge in [-0.2, -0.15) is 13.2 Å². The highest BCUT2D eigenvalue weighted by molar-refractivity contribution is 5.91. The molecule has 0 aliphatic heterocycles. The number of anilines is 1.